The molecule has 0 aliphatic rings. The van der Waals surface area contributed by atoms with Crippen LogP contribution in [0.2, 0.25) is 4.34 Å². The van der Waals surface area contributed by atoms with E-state index in [4.69, 9.17) is 16.0 Å². The average Bonchev–Trinajstić information content (AvgIpc) is 3.22. The minimum Gasteiger partial charge on any atom is -0.441 e. The number of nitrogens with zero attached hydrogens (tertiary/aromatic N) is 2. The van der Waals surface area contributed by atoms with Gasteiger partial charge in [-0.05, 0) is 19.1 Å². The first kappa shape index (κ1) is 17.7. The molecule has 6 heteroatoms. The maximum absolute atomic E-state index is 12.3. The third-order valence-electron chi connectivity index (χ3n) is 3.89. The minimum atomic E-state index is 0.0552. The van der Waals surface area contributed by atoms with Crippen molar-refractivity contribution in [3.05, 3.63) is 63.3 Å². The predicted octanol–water partition coefficient (Wildman–Crippen LogP) is 4.96. The number of aryl methyl sites for hydroxylation is 2. The van der Waals surface area contributed by atoms with Crippen LogP contribution in [0.1, 0.15) is 22.8 Å². The number of hydrogen-bond donors (Lipinski definition) is 0. The number of halogens is 1. The molecule has 1 aromatic carbocycles. The quantitative estimate of drug-likeness (QED) is 0.612. The molecule has 0 aliphatic heterocycles. The van der Waals surface area contributed by atoms with Gasteiger partial charge < -0.3 is 9.32 Å². The normalized spacial score (nSPS) is 10.8. The molecule has 0 saturated carbocycles. The number of rotatable bonds is 6. The first-order chi connectivity index (χ1) is 12.0. The number of thiophene rings is 1. The van der Waals surface area contributed by atoms with Crippen LogP contribution >= 0.6 is 22.9 Å². The van der Waals surface area contributed by atoms with Gasteiger partial charge in [-0.3, -0.25) is 4.79 Å². The van der Waals surface area contributed by atoms with Crippen LogP contribution in [-0.4, -0.2) is 22.8 Å². The fourth-order valence-corrected chi connectivity index (χ4v) is 3.58. The average molecular weight is 375 g/mol. The zero-order chi connectivity index (χ0) is 17.8. The van der Waals surface area contributed by atoms with Crippen LogP contribution < -0.4 is 0 Å². The molecule has 130 valence electrons. The molecule has 25 heavy (non-hydrogen) atoms. The first-order valence-corrected chi connectivity index (χ1v) is 9.20. The van der Waals surface area contributed by atoms with Crippen molar-refractivity contribution in [2.75, 3.05) is 7.05 Å². The molecule has 4 nitrogen and oxygen atoms in total. The molecular formula is C19H19ClN2O2S. The molecule has 2 heterocycles. The van der Waals surface area contributed by atoms with Crippen molar-refractivity contribution < 1.29 is 9.21 Å². The zero-order valence-corrected chi connectivity index (χ0v) is 15.7. The van der Waals surface area contributed by atoms with Crippen LogP contribution in [0.25, 0.3) is 11.3 Å². The van der Waals surface area contributed by atoms with Gasteiger partial charge in [-0.25, -0.2) is 4.98 Å². The summed E-state index contributed by atoms with van der Waals surface area (Å²) < 4.78 is 6.50. The van der Waals surface area contributed by atoms with E-state index in [9.17, 15) is 4.79 Å². The van der Waals surface area contributed by atoms with Crippen LogP contribution in [0.4, 0.5) is 0 Å². The maximum Gasteiger partial charge on any atom is 0.223 e. The van der Waals surface area contributed by atoms with Gasteiger partial charge in [0.05, 0.1) is 17.1 Å². The lowest BCUT2D eigenvalue weighted by molar-refractivity contribution is -0.130. The molecule has 2 aromatic heterocycles. The molecule has 0 aliphatic carbocycles. The Balaban J connectivity index is 1.54. The summed E-state index contributed by atoms with van der Waals surface area (Å²) in [6, 6.07) is 11.9. The monoisotopic (exact) mass is 374 g/mol. The van der Waals surface area contributed by atoms with Crippen LogP contribution in [0, 0.1) is 6.92 Å². The minimum absolute atomic E-state index is 0.0552. The maximum atomic E-state index is 12.3. The largest absolute Gasteiger partial charge is 0.441 e. The highest BCUT2D eigenvalue weighted by atomic mass is 35.5. The molecule has 0 fully saturated rings. The lowest BCUT2D eigenvalue weighted by Gasteiger charge is -2.15. The fourth-order valence-electron chi connectivity index (χ4n) is 2.44. The van der Waals surface area contributed by atoms with Crippen molar-refractivity contribution >= 4 is 28.8 Å². The van der Waals surface area contributed by atoms with E-state index in [-0.39, 0.29) is 5.91 Å². The smallest absolute Gasteiger partial charge is 0.223 e. The Labute approximate surface area is 156 Å². The van der Waals surface area contributed by atoms with Crippen molar-refractivity contribution in [3.8, 4) is 11.3 Å². The van der Waals surface area contributed by atoms with Crippen LogP contribution in [0.15, 0.2) is 47.0 Å². The number of oxazole rings is 1. The van der Waals surface area contributed by atoms with Gasteiger partial charge in [0.1, 0.15) is 0 Å². The van der Waals surface area contributed by atoms with Crippen molar-refractivity contribution in [1.82, 2.24) is 9.88 Å². The highest BCUT2D eigenvalue weighted by Crippen LogP contribution is 2.23. The third-order valence-corrected chi connectivity index (χ3v) is 5.11. The van der Waals surface area contributed by atoms with Gasteiger partial charge in [0.2, 0.25) is 5.91 Å². The summed E-state index contributed by atoms with van der Waals surface area (Å²) in [6.07, 6.45) is 2.56. The topological polar surface area (TPSA) is 46.3 Å². The molecule has 0 radical (unpaired) electrons. The summed E-state index contributed by atoms with van der Waals surface area (Å²) in [5.74, 6) is 1.36. The summed E-state index contributed by atoms with van der Waals surface area (Å²) in [5, 5.41) is 0. The van der Waals surface area contributed by atoms with E-state index in [1.807, 2.05) is 43.3 Å². The predicted molar refractivity (Wildman–Crippen MR) is 101 cm³/mol. The van der Waals surface area contributed by atoms with Gasteiger partial charge in [-0.2, -0.15) is 0 Å². The Kier molecular flexibility index (Phi) is 5.56. The molecule has 1 amide bonds. The van der Waals surface area contributed by atoms with Gasteiger partial charge >= 0.3 is 0 Å². The molecule has 0 saturated heterocycles. The van der Waals surface area contributed by atoms with E-state index in [0.717, 1.165) is 20.5 Å². The SMILES string of the molecule is Cc1ccc(-c2cnc(CCC(=O)N(C)Cc3ccc(Cl)s3)o2)cc1. The van der Waals surface area contributed by atoms with Crippen molar-refractivity contribution in [2.45, 2.75) is 26.3 Å². The van der Waals surface area contributed by atoms with Crippen LogP contribution in [0.5, 0.6) is 0 Å². The van der Waals surface area contributed by atoms with E-state index >= 15 is 0 Å². The van der Waals surface area contributed by atoms with E-state index < -0.39 is 0 Å². The van der Waals surface area contributed by atoms with Gasteiger partial charge in [0, 0.05) is 30.3 Å². The summed E-state index contributed by atoms with van der Waals surface area (Å²) >= 11 is 7.41. The Hall–Kier alpha value is -2.11. The molecule has 3 rings (SSSR count). The highest BCUT2D eigenvalue weighted by Gasteiger charge is 2.13. The number of carbonyl (C=O) groups is 1. The third kappa shape index (κ3) is 4.71. The second-order valence-corrected chi connectivity index (χ2v) is 7.74. The van der Waals surface area contributed by atoms with Gasteiger partial charge in [0.15, 0.2) is 11.7 Å². The lowest BCUT2D eigenvalue weighted by atomic mass is 10.1. The van der Waals surface area contributed by atoms with Crippen LogP contribution in [0.3, 0.4) is 0 Å². The molecule has 0 bridgehead atoms. The Morgan fingerprint density at radius 2 is 2.00 bits per heavy atom. The lowest BCUT2D eigenvalue weighted by Crippen LogP contribution is -2.26. The first-order valence-electron chi connectivity index (χ1n) is 8.01. The van der Waals surface area contributed by atoms with Gasteiger partial charge in [0.25, 0.3) is 0 Å². The standard InChI is InChI=1S/C19H19ClN2O2S/c1-13-3-5-14(6-4-13)16-11-21-18(24-16)9-10-19(23)22(2)12-15-7-8-17(20)25-15/h3-8,11H,9-10,12H2,1-2H3. The van der Waals surface area contributed by atoms with Crippen molar-refractivity contribution in [1.29, 1.82) is 0 Å². The van der Waals surface area contributed by atoms with Crippen molar-refractivity contribution in [2.24, 2.45) is 0 Å². The Morgan fingerprint density at radius 3 is 2.68 bits per heavy atom. The molecule has 0 atom stereocenters. The summed E-state index contributed by atoms with van der Waals surface area (Å²) in [6.45, 7) is 2.61. The second-order valence-electron chi connectivity index (χ2n) is 5.94. The molecule has 0 N–H and O–H groups in total. The fraction of sp³-hybridized carbons (Fsp3) is 0.263. The molecule has 0 spiro atoms. The van der Waals surface area contributed by atoms with E-state index in [0.29, 0.717) is 25.3 Å². The van der Waals surface area contributed by atoms with E-state index in [1.165, 1.54) is 16.9 Å². The number of hydrogen-bond acceptors (Lipinski definition) is 4. The summed E-state index contributed by atoms with van der Waals surface area (Å²) in [5.41, 5.74) is 2.19. The Morgan fingerprint density at radius 1 is 1.24 bits per heavy atom. The van der Waals surface area contributed by atoms with Gasteiger partial charge in [-0.15, -0.1) is 11.3 Å². The number of carbonyl (C=O) groups excluding carboxylic acids is 1. The van der Waals surface area contributed by atoms with E-state index in [2.05, 4.69) is 4.98 Å². The molecular weight excluding hydrogens is 356 g/mol. The Bertz CT molecular complexity index is 854. The molecule has 3 aromatic rings. The summed E-state index contributed by atoms with van der Waals surface area (Å²) in [4.78, 5) is 19.3. The van der Waals surface area contributed by atoms with Crippen molar-refractivity contribution in [3.63, 3.8) is 0 Å². The number of amides is 1. The molecule has 0 unspecified atom stereocenters. The second kappa shape index (κ2) is 7.85. The zero-order valence-electron chi connectivity index (χ0n) is 14.2. The highest BCUT2D eigenvalue weighted by molar-refractivity contribution is 7.16. The number of benzene rings is 1. The van der Waals surface area contributed by atoms with Gasteiger partial charge in [-0.1, -0.05) is 41.4 Å². The summed E-state index contributed by atoms with van der Waals surface area (Å²) in [7, 11) is 1.79. The number of aromatic nitrogens is 1. The van der Waals surface area contributed by atoms with Crippen LogP contribution in [-0.2, 0) is 17.8 Å². The van der Waals surface area contributed by atoms with E-state index in [1.54, 1.807) is 18.1 Å².